The minimum atomic E-state index is 0.335. The van der Waals surface area contributed by atoms with Crippen LogP contribution in [0.1, 0.15) is 47.5 Å². The first-order valence-corrected chi connectivity index (χ1v) is 7.52. The highest BCUT2D eigenvalue weighted by Gasteiger charge is 2.12. The van der Waals surface area contributed by atoms with Crippen molar-refractivity contribution < 1.29 is 0 Å². The average Bonchev–Trinajstić information content (AvgIpc) is 2.50. The maximum atomic E-state index is 4.03. The summed E-state index contributed by atoms with van der Waals surface area (Å²) in [5.74, 6) is 0. The lowest BCUT2D eigenvalue weighted by Crippen LogP contribution is -2.04. The second kappa shape index (κ2) is 12.2. The first-order chi connectivity index (χ1) is 9.64. The van der Waals surface area contributed by atoms with E-state index in [1.165, 1.54) is 0 Å². The summed E-state index contributed by atoms with van der Waals surface area (Å²) in [6.45, 7) is 14.0. The molecule has 1 aliphatic heterocycles. The van der Waals surface area contributed by atoms with Crippen LogP contribution >= 0.6 is 0 Å². The van der Waals surface area contributed by atoms with Crippen LogP contribution in [0, 0.1) is 5.41 Å². The molecule has 0 aliphatic carbocycles. The standard InChI is InChI=1S/C9H15N.C5H12N2.C4H8/c1-9(2)5-4-7-10(3)8-6-9;1-5(2)6-7(3)4;1-3-4-2/h4,6-8H,5H2,1-3H3;1-4H3;3H,1,4H2,2H3. The molecule has 0 aromatic carbocycles. The Morgan fingerprint density at radius 3 is 2.19 bits per heavy atom. The molecular weight excluding hydrogens is 258 g/mol. The predicted octanol–water partition coefficient (Wildman–Crippen LogP) is 4.90. The van der Waals surface area contributed by atoms with Gasteiger partial charge in [0.15, 0.2) is 0 Å². The first kappa shape index (κ1) is 21.8. The predicted molar refractivity (Wildman–Crippen MR) is 97.4 cm³/mol. The normalized spacial score (nSPS) is 14.8. The van der Waals surface area contributed by atoms with Gasteiger partial charge in [0.2, 0.25) is 0 Å². The second-order valence-electron chi connectivity index (χ2n) is 6.15. The lowest BCUT2D eigenvalue weighted by atomic mass is 9.90. The Kier molecular flexibility index (Phi) is 12.7. The minimum absolute atomic E-state index is 0.335. The highest BCUT2D eigenvalue weighted by Crippen LogP contribution is 2.24. The van der Waals surface area contributed by atoms with E-state index in [2.05, 4.69) is 69.0 Å². The Morgan fingerprint density at radius 2 is 1.86 bits per heavy atom. The third kappa shape index (κ3) is 18.5. The zero-order chi connectivity index (χ0) is 16.9. The smallest absolute Gasteiger partial charge is 0.0318 e. The third-order valence-electron chi connectivity index (χ3n) is 2.43. The van der Waals surface area contributed by atoms with Gasteiger partial charge in [0.05, 0.1) is 0 Å². The molecule has 0 aromatic rings. The maximum Gasteiger partial charge on any atom is 0.0318 e. The molecule has 0 N–H and O–H groups in total. The Hall–Kier alpha value is -1.51. The van der Waals surface area contributed by atoms with Gasteiger partial charge in [0.25, 0.3) is 0 Å². The SMILES string of the molecule is C=CCC.CC(C)=NN(C)C.CN1C=CCC(C)(C)C=C1. The van der Waals surface area contributed by atoms with Crippen LogP contribution in [0.3, 0.4) is 0 Å². The number of hydrogen-bond donors (Lipinski definition) is 0. The zero-order valence-corrected chi connectivity index (χ0v) is 15.3. The molecule has 0 saturated heterocycles. The molecule has 0 aromatic heterocycles. The Bertz CT molecular complexity index is 345. The first-order valence-electron chi connectivity index (χ1n) is 7.52. The molecule has 0 unspecified atom stereocenters. The van der Waals surface area contributed by atoms with Gasteiger partial charge in [0, 0.05) is 26.9 Å². The maximum absolute atomic E-state index is 4.03. The van der Waals surface area contributed by atoms with Crippen molar-refractivity contribution in [3.05, 3.63) is 37.2 Å². The van der Waals surface area contributed by atoms with Crippen LogP contribution in [0.5, 0.6) is 0 Å². The van der Waals surface area contributed by atoms with Crippen molar-refractivity contribution in [3.8, 4) is 0 Å². The van der Waals surface area contributed by atoms with Crippen LogP contribution in [-0.4, -0.2) is 36.8 Å². The second-order valence-corrected chi connectivity index (χ2v) is 6.15. The Balaban J connectivity index is 0. The van der Waals surface area contributed by atoms with E-state index in [-0.39, 0.29) is 0 Å². The molecule has 3 nitrogen and oxygen atoms in total. The largest absolute Gasteiger partial charge is 0.358 e. The molecule has 0 atom stereocenters. The molecule has 21 heavy (non-hydrogen) atoms. The van der Waals surface area contributed by atoms with Crippen molar-refractivity contribution in [1.29, 1.82) is 0 Å². The number of hydrogen-bond acceptors (Lipinski definition) is 3. The molecule has 122 valence electrons. The fourth-order valence-electron chi connectivity index (χ4n) is 1.36. The third-order valence-corrected chi connectivity index (χ3v) is 2.43. The number of hydrazone groups is 1. The van der Waals surface area contributed by atoms with Crippen molar-refractivity contribution >= 4 is 5.71 Å². The van der Waals surface area contributed by atoms with E-state index in [9.17, 15) is 0 Å². The summed E-state index contributed by atoms with van der Waals surface area (Å²) < 4.78 is 0. The quantitative estimate of drug-likeness (QED) is 0.409. The highest BCUT2D eigenvalue weighted by molar-refractivity contribution is 5.78. The fourth-order valence-corrected chi connectivity index (χ4v) is 1.36. The van der Waals surface area contributed by atoms with Gasteiger partial charge in [-0.05, 0) is 44.5 Å². The molecule has 0 radical (unpaired) electrons. The fraction of sp³-hybridized carbons (Fsp3) is 0.611. The van der Waals surface area contributed by atoms with Gasteiger partial charge in [-0.3, -0.25) is 0 Å². The summed E-state index contributed by atoms with van der Waals surface area (Å²) in [5.41, 5.74) is 1.42. The molecule has 1 heterocycles. The van der Waals surface area contributed by atoms with E-state index in [0.717, 1.165) is 18.6 Å². The molecule has 0 spiro atoms. The molecule has 1 rings (SSSR count). The van der Waals surface area contributed by atoms with Gasteiger partial charge in [-0.1, -0.05) is 39.0 Å². The van der Waals surface area contributed by atoms with Gasteiger partial charge in [-0.25, -0.2) is 0 Å². The van der Waals surface area contributed by atoms with E-state index in [0.29, 0.717) is 5.41 Å². The van der Waals surface area contributed by atoms with Crippen LogP contribution in [0.2, 0.25) is 0 Å². The van der Waals surface area contributed by atoms with Crippen molar-refractivity contribution in [1.82, 2.24) is 9.91 Å². The summed E-state index contributed by atoms with van der Waals surface area (Å²) in [5, 5.41) is 5.81. The van der Waals surface area contributed by atoms with Crippen molar-refractivity contribution in [2.45, 2.75) is 47.5 Å². The lowest BCUT2D eigenvalue weighted by Gasteiger charge is -2.15. The van der Waals surface area contributed by atoms with Crippen LogP contribution < -0.4 is 0 Å². The molecular formula is C18H35N3. The summed E-state index contributed by atoms with van der Waals surface area (Å²) in [6, 6.07) is 0. The minimum Gasteiger partial charge on any atom is -0.358 e. The van der Waals surface area contributed by atoms with Gasteiger partial charge in [-0.2, -0.15) is 5.10 Å². The summed E-state index contributed by atoms with van der Waals surface area (Å²) >= 11 is 0. The number of allylic oxidation sites excluding steroid dienone is 3. The van der Waals surface area contributed by atoms with Crippen LogP contribution in [0.15, 0.2) is 42.3 Å². The molecule has 3 heteroatoms. The lowest BCUT2D eigenvalue weighted by molar-refractivity contribution is 0.437. The molecule has 1 aliphatic rings. The van der Waals surface area contributed by atoms with Crippen LogP contribution in [0.25, 0.3) is 0 Å². The van der Waals surface area contributed by atoms with E-state index in [4.69, 9.17) is 0 Å². The van der Waals surface area contributed by atoms with E-state index < -0.39 is 0 Å². The summed E-state index contributed by atoms with van der Waals surface area (Å²) in [7, 11) is 5.87. The Morgan fingerprint density at radius 1 is 1.33 bits per heavy atom. The number of nitrogens with zero attached hydrogens (tertiary/aromatic N) is 3. The van der Waals surface area contributed by atoms with Gasteiger partial charge < -0.3 is 9.91 Å². The van der Waals surface area contributed by atoms with E-state index in [1.807, 2.05) is 34.0 Å². The van der Waals surface area contributed by atoms with E-state index >= 15 is 0 Å². The highest BCUT2D eigenvalue weighted by atomic mass is 15.4. The number of rotatable bonds is 2. The van der Waals surface area contributed by atoms with Gasteiger partial charge in [0.1, 0.15) is 0 Å². The van der Waals surface area contributed by atoms with Crippen LogP contribution in [0.4, 0.5) is 0 Å². The average molecular weight is 293 g/mol. The van der Waals surface area contributed by atoms with Gasteiger partial charge >= 0.3 is 0 Å². The summed E-state index contributed by atoms with van der Waals surface area (Å²) in [6.07, 6.45) is 12.8. The van der Waals surface area contributed by atoms with Gasteiger partial charge in [-0.15, -0.1) is 6.58 Å². The topological polar surface area (TPSA) is 18.8 Å². The Labute approximate surface area is 132 Å². The van der Waals surface area contributed by atoms with Crippen molar-refractivity contribution in [2.24, 2.45) is 10.5 Å². The van der Waals surface area contributed by atoms with Crippen LogP contribution in [-0.2, 0) is 0 Å². The molecule has 0 fully saturated rings. The van der Waals surface area contributed by atoms with Crippen molar-refractivity contribution in [2.75, 3.05) is 21.1 Å². The molecule has 0 saturated carbocycles. The monoisotopic (exact) mass is 293 g/mol. The molecule has 0 bridgehead atoms. The van der Waals surface area contributed by atoms with E-state index in [1.54, 1.807) is 5.01 Å². The van der Waals surface area contributed by atoms with Crippen molar-refractivity contribution in [3.63, 3.8) is 0 Å². The molecule has 0 amide bonds. The zero-order valence-electron chi connectivity index (χ0n) is 15.3. The summed E-state index contributed by atoms with van der Waals surface area (Å²) in [4.78, 5) is 2.08.